The number of fused-ring (bicyclic) bond motifs is 3. The molecule has 0 spiro atoms. The van der Waals surface area contributed by atoms with Crippen LogP contribution in [0.3, 0.4) is 0 Å². The molecular formula is C20H12F4N2O5. The summed E-state index contributed by atoms with van der Waals surface area (Å²) in [6.07, 6.45) is 3.75. The van der Waals surface area contributed by atoms with E-state index in [0.717, 1.165) is 11.0 Å². The number of nitrogens with zero attached hydrogens (tertiary/aromatic N) is 1. The lowest BCUT2D eigenvalue weighted by Gasteiger charge is -2.09. The highest BCUT2D eigenvalue weighted by atomic mass is 19.2. The van der Waals surface area contributed by atoms with Crippen molar-refractivity contribution < 1.29 is 47.8 Å². The van der Waals surface area contributed by atoms with Crippen molar-refractivity contribution in [3.8, 4) is 0 Å². The molecule has 0 aliphatic heterocycles. The molecular weight excluding hydrogens is 424 g/mol. The van der Waals surface area contributed by atoms with Crippen LogP contribution >= 0.6 is 0 Å². The predicted octanol–water partition coefficient (Wildman–Crippen LogP) is 1.68. The molecule has 2 aromatic heterocycles. The van der Waals surface area contributed by atoms with Gasteiger partial charge in [0.2, 0.25) is 5.52 Å². The molecule has 4 aromatic rings. The lowest BCUT2D eigenvalue weighted by molar-refractivity contribution is -0.343. The van der Waals surface area contributed by atoms with Crippen LogP contribution in [-0.2, 0) is 0 Å². The highest BCUT2D eigenvalue weighted by Gasteiger charge is 2.29. The first-order valence-electron chi connectivity index (χ1n) is 8.18. The van der Waals surface area contributed by atoms with E-state index in [1.165, 1.54) is 10.8 Å². The van der Waals surface area contributed by atoms with E-state index >= 15 is 0 Å². The van der Waals surface area contributed by atoms with Gasteiger partial charge in [0.1, 0.15) is 11.1 Å². The van der Waals surface area contributed by atoms with Crippen molar-refractivity contribution in [1.82, 2.24) is 4.98 Å². The first-order valence-corrected chi connectivity index (χ1v) is 8.18. The van der Waals surface area contributed by atoms with Crippen LogP contribution in [0.1, 0.15) is 20.7 Å². The van der Waals surface area contributed by atoms with Gasteiger partial charge in [-0.05, 0) is 18.2 Å². The minimum Gasteiger partial charge on any atom is -0.545 e. The largest absolute Gasteiger partial charge is 0.545 e. The van der Waals surface area contributed by atoms with Gasteiger partial charge in [-0.15, -0.1) is 0 Å². The van der Waals surface area contributed by atoms with Crippen molar-refractivity contribution in [2.24, 2.45) is 0 Å². The molecule has 31 heavy (non-hydrogen) atoms. The van der Waals surface area contributed by atoms with Gasteiger partial charge in [0.25, 0.3) is 0 Å². The SMILES string of the molecule is O.O=C([O-])c1c(F)c(F)c(C(=O)O)c(F)c1F.c1cnc2c(c1)ccc1ccc[nH+]c12. The number of hydrogen-bond donors (Lipinski definition) is 1. The molecule has 4 rings (SSSR count). The molecule has 0 bridgehead atoms. The molecule has 4 N–H and O–H groups in total. The van der Waals surface area contributed by atoms with Crippen molar-refractivity contribution in [3.63, 3.8) is 0 Å². The van der Waals surface area contributed by atoms with E-state index in [1.54, 1.807) is 0 Å². The second kappa shape index (κ2) is 9.13. The monoisotopic (exact) mass is 436 g/mol. The Morgan fingerprint density at radius 3 is 2.00 bits per heavy atom. The first-order chi connectivity index (χ1) is 14.2. The summed E-state index contributed by atoms with van der Waals surface area (Å²) in [5, 5.41) is 20.8. The third kappa shape index (κ3) is 4.26. The Hall–Kier alpha value is -4.12. The van der Waals surface area contributed by atoms with Crippen molar-refractivity contribution >= 4 is 33.7 Å². The number of carbonyl (C=O) groups excluding carboxylic acids is 1. The minimum absolute atomic E-state index is 0. The molecule has 0 unspecified atom stereocenters. The zero-order chi connectivity index (χ0) is 22.0. The molecule has 0 radical (unpaired) electrons. The summed E-state index contributed by atoms with van der Waals surface area (Å²) < 4.78 is 51.4. The highest BCUT2D eigenvalue weighted by Crippen LogP contribution is 2.23. The summed E-state index contributed by atoms with van der Waals surface area (Å²) in [5.74, 6) is -14.0. The van der Waals surface area contributed by atoms with Crippen molar-refractivity contribution in [3.05, 3.63) is 83.2 Å². The van der Waals surface area contributed by atoms with Crippen molar-refractivity contribution in [2.45, 2.75) is 0 Å². The summed E-state index contributed by atoms with van der Waals surface area (Å²) >= 11 is 0. The molecule has 0 aliphatic carbocycles. The minimum atomic E-state index is -2.50. The first kappa shape index (κ1) is 23.2. The number of halogens is 4. The molecule has 0 fully saturated rings. The second-order valence-corrected chi connectivity index (χ2v) is 5.87. The van der Waals surface area contributed by atoms with Crippen LogP contribution in [0.25, 0.3) is 21.8 Å². The Morgan fingerprint density at radius 2 is 1.42 bits per heavy atom. The third-order valence-electron chi connectivity index (χ3n) is 4.09. The molecule has 2 heterocycles. The lowest BCUT2D eigenvalue weighted by Crippen LogP contribution is -2.27. The van der Waals surface area contributed by atoms with E-state index in [9.17, 15) is 32.3 Å². The van der Waals surface area contributed by atoms with E-state index < -0.39 is 46.3 Å². The Kier molecular flexibility index (Phi) is 6.82. The quantitative estimate of drug-likeness (QED) is 0.290. The van der Waals surface area contributed by atoms with E-state index in [1.807, 2.05) is 24.5 Å². The lowest BCUT2D eigenvalue weighted by atomic mass is 10.1. The van der Waals surface area contributed by atoms with Gasteiger partial charge < -0.3 is 20.5 Å². The normalized spacial score (nSPS) is 10.2. The van der Waals surface area contributed by atoms with Crippen LogP contribution in [0.2, 0.25) is 0 Å². The van der Waals surface area contributed by atoms with E-state index in [0.29, 0.717) is 0 Å². The van der Waals surface area contributed by atoms with Crippen LogP contribution in [0.4, 0.5) is 17.6 Å². The number of carboxylic acids is 2. The van der Waals surface area contributed by atoms with E-state index in [2.05, 4.69) is 34.2 Å². The molecule has 0 atom stereocenters. The maximum atomic E-state index is 12.9. The zero-order valence-electron chi connectivity index (χ0n) is 15.2. The van der Waals surface area contributed by atoms with Crippen LogP contribution < -0.4 is 10.1 Å². The summed E-state index contributed by atoms with van der Waals surface area (Å²) in [6.45, 7) is 0. The fourth-order valence-electron chi connectivity index (χ4n) is 2.73. The Morgan fingerprint density at radius 1 is 0.871 bits per heavy atom. The molecule has 11 heteroatoms. The average molecular weight is 436 g/mol. The number of hydrogen-bond acceptors (Lipinski definition) is 4. The number of rotatable bonds is 2. The Balaban J connectivity index is 0.000000214. The van der Waals surface area contributed by atoms with Gasteiger partial charge in [0.15, 0.2) is 29.5 Å². The van der Waals surface area contributed by atoms with Gasteiger partial charge >= 0.3 is 5.97 Å². The molecule has 7 nitrogen and oxygen atoms in total. The zero-order valence-corrected chi connectivity index (χ0v) is 15.2. The number of aromatic nitrogens is 2. The van der Waals surface area contributed by atoms with Crippen LogP contribution in [0.15, 0.2) is 48.8 Å². The number of nitrogens with one attached hydrogen (secondary N) is 1. The van der Waals surface area contributed by atoms with Gasteiger partial charge in [0.05, 0.1) is 11.5 Å². The summed E-state index contributed by atoms with van der Waals surface area (Å²) in [7, 11) is 0. The molecule has 2 aromatic carbocycles. The maximum absolute atomic E-state index is 12.9. The van der Waals surface area contributed by atoms with Gasteiger partial charge in [-0.2, -0.15) is 0 Å². The van der Waals surface area contributed by atoms with Crippen LogP contribution in [0.5, 0.6) is 0 Å². The molecule has 0 aliphatic rings. The van der Waals surface area contributed by atoms with E-state index in [4.69, 9.17) is 5.11 Å². The highest BCUT2D eigenvalue weighted by molar-refractivity contribution is 6.00. The summed E-state index contributed by atoms with van der Waals surface area (Å²) in [4.78, 5) is 28.0. The Bertz CT molecular complexity index is 1180. The Labute approximate surface area is 170 Å². The number of aromatic carboxylic acids is 2. The smallest absolute Gasteiger partial charge is 0.341 e. The number of H-pyrrole nitrogens is 1. The van der Waals surface area contributed by atoms with Crippen LogP contribution in [0, 0.1) is 23.3 Å². The number of pyridine rings is 2. The molecule has 0 saturated carbocycles. The number of carboxylic acid groups (broad SMARTS) is 2. The number of carbonyl (C=O) groups is 2. The average Bonchev–Trinajstić information content (AvgIpc) is 2.72. The van der Waals surface area contributed by atoms with E-state index in [-0.39, 0.29) is 5.48 Å². The summed E-state index contributed by atoms with van der Waals surface area (Å²) in [6, 6.07) is 12.3. The molecule has 160 valence electrons. The van der Waals surface area contributed by atoms with Crippen LogP contribution in [-0.4, -0.2) is 27.5 Å². The predicted molar refractivity (Wildman–Crippen MR) is 97.0 cm³/mol. The number of benzene rings is 2. The number of aromatic amines is 1. The van der Waals surface area contributed by atoms with Gasteiger partial charge in [-0.25, -0.2) is 32.3 Å². The standard InChI is InChI=1S/C12H8N2.C8H2F4O4.H2O/c1-3-9-5-6-10-4-2-8-14-12(10)11(9)13-7-1;9-3-1(7(13)14)4(10)6(12)2(5(3)11)8(15)16;/h1-8H;(H,13,14)(H,15,16);1H2. The van der Waals surface area contributed by atoms with Gasteiger partial charge in [0, 0.05) is 23.0 Å². The molecule has 0 saturated heterocycles. The maximum Gasteiger partial charge on any atom is 0.341 e. The fourth-order valence-corrected chi connectivity index (χ4v) is 2.73. The van der Waals surface area contributed by atoms with Crippen molar-refractivity contribution in [1.29, 1.82) is 0 Å². The van der Waals surface area contributed by atoms with Gasteiger partial charge in [-0.3, -0.25) is 0 Å². The van der Waals surface area contributed by atoms with Crippen molar-refractivity contribution in [2.75, 3.05) is 0 Å². The third-order valence-corrected chi connectivity index (χ3v) is 4.09. The topological polar surface area (TPSA) is 136 Å². The van der Waals surface area contributed by atoms with Gasteiger partial charge in [-0.1, -0.05) is 12.1 Å². The molecule has 0 amide bonds. The fraction of sp³-hybridized carbons (Fsp3) is 0. The second-order valence-electron chi connectivity index (χ2n) is 5.87. The summed E-state index contributed by atoms with van der Waals surface area (Å²) in [5.41, 5.74) is -1.75.